The second-order valence-electron chi connectivity index (χ2n) is 10.9. The smallest absolute Gasteiger partial charge is 0.334 e. The van der Waals surface area contributed by atoms with Crippen molar-refractivity contribution in [3.63, 3.8) is 0 Å². The number of aliphatic hydroxyl groups is 1. The lowest BCUT2D eigenvalue weighted by atomic mass is 10.0. The highest BCUT2D eigenvalue weighted by Gasteiger charge is 2.29. The van der Waals surface area contributed by atoms with E-state index in [-0.39, 0.29) is 30.0 Å². The van der Waals surface area contributed by atoms with Crippen LogP contribution in [0.4, 0.5) is 0 Å². The molecule has 12 nitrogen and oxygen atoms in total. The normalized spacial score (nSPS) is 12.7. The van der Waals surface area contributed by atoms with Crippen LogP contribution in [-0.4, -0.2) is 72.1 Å². The number of carbonyl (C=O) groups is 3. The summed E-state index contributed by atoms with van der Waals surface area (Å²) in [7, 11) is -2.71. The van der Waals surface area contributed by atoms with E-state index in [1.807, 2.05) is 25.1 Å². The lowest BCUT2D eigenvalue weighted by molar-refractivity contribution is -0.148. The van der Waals surface area contributed by atoms with Gasteiger partial charge in [0.2, 0.25) is 5.91 Å². The molecule has 4 rings (SSSR count). The molecule has 2 amide bonds. The molecule has 0 bridgehead atoms. The van der Waals surface area contributed by atoms with E-state index in [0.29, 0.717) is 24.1 Å². The van der Waals surface area contributed by atoms with Gasteiger partial charge in [0, 0.05) is 18.4 Å². The number of hydrogen-bond donors (Lipinski definition) is 4. The number of hydrogen-bond acceptors (Lipinski definition) is 8. The highest BCUT2D eigenvalue weighted by molar-refractivity contribution is 7.90. The molecule has 3 aromatic carbocycles. The molecule has 0 unspecified atom stereocenters. The third-order valence-electron chi connectivity index (χ3n) is 7.41. The van der Waals surface area contributed by atoms with Gasteiger partial charge in [-0.1, -0.05) is 86.1 Å². The van der Waals surface area contributed by atoms with Crippen molar-refractivity contribution >= 4 is 27.8 Å². The first-order valence-electron chi connectivity index (χ1n) is 15.1. The molecule has 4 aromatic rings. The van der Waals surface area contributed by atoms with Crippen LogP contribution in [0.15, 0.2) is 89.8 Å². The summed E-state index contributed by atoms with van der Waals surface area (Å²) in [6, 6.07) is 23.1. The van der Waals surface area contributed by atoms with Gasteiger partial charge in [-0.3, -0.25) is 14.3 Å². The van der Waals surface area contributed by atoms with Gasteiger partial charge in [0.05, 0.1) is 30.5 Å². The van der Waals surface area contributed by atoms with Gasteiger partial charge in [-0.2, -0.15) is 5.10 Å². The number of aliphatic hydroxyl groups excluding tert-OH is 1. The molecule has 0 aliphatic heterocycles. The predicted molar refractivity (Wildman–Crippen MR) is 174 cm³/mol. The fourth-order valence-electron chi connectivity index (χ4n) is 5.04. The fourth-order valence-corrected chi connectivity index (χ4v) is 6.28. The van der Waals surface area contributed by atoms with Crippen molar-refractivity contribution < 1.29 is 37.8 Å². The van der Waals surface area contributed by atoms with E-state index in [9.17, 15) is 33.0 Å². The topological polar surface area (TPSA) is 177 Å². The van der Waals surface area contributed by atoms with Gasteiger partial charge in [-0.05, 0) is 41.7 Å². The number of sulfonamides is 1. The Hall–Kier alpha value is -4.85. The number of nitrogens with zero attached hydrogens (tertiary/aromatic N) is 2. The number of carboxylic acid groups (broad SMARTS) is 1. The molecule has 13 heteroatoms. The molecule has 0 fully saturated rings. The van der Waals surface area contributed by atoms with Crippen LogP contribution in [-0.2, 0) is 43.7 Å². The molecular formula is C34H38N4O8S. The van der Waals surface area contributed by atoms with Crippen molar-refractivity contribution in [2.24, 2.45) is 0 Å². The van der Waals surface area contributed by atoms with Gasteiger partial charge < -0.3 is 20.3 Å². The zero-order valence-corrected chi connectivity index (χ0v) is 26.9. The van der Waals surface area contributed by atoms with E-state index in [0.717, 1.165) is 23.2 Å². The van der Waals surface area contributed by atoms with Crippen molar-refractivity contribution in [2.45, 2.75) is 56.2 Å². The van der Waals surface area contributed by atoms with Crippen LogP contribution in [0.3, 0.4) is 0 Å². The van der Waals surface area contributed by atoms with Crippen LogP contribution in [0.5, 0.6) is 0 Å². The summed E-state index contributed by atoms with van der Waals surface area (Å²) in [5.41, 5.74) is 3.51. The highest BCUT2D eigenvalue weighted by Crippen LogP contribution is 2.28. The number of ether oxygens (including phenoxy) is 1. The first-order chi connectivity index (χ1) is 22.5. The molecule has 1 heterocycles. The quantitative estimate of drug-likeness (QED) is 0.140. The highest BCUT2D eigenvalue weighted by atomic mass is 32.2. The Morgan fingerprint density at radius 1 is 0.957 bits per heavy atom. The predicted octanol–water partition coefficient (Wildman–Crippen LogP) is 3.18. The zero-order valence-electron chi connectivity index (χ0n) is 26.1. The van der Waals surface area contributed by atoms with Gasteiger partial charge >= 0.3 is 5.97 Å². The molecule has 4 N–H and O–H groups in total. The Labute approximate surface area is 273 Å². The Balaban J connectivity index is 1.53. The van der Waals surface area contributed by atoms with Crippen molar-refractivity contribution in [3.8, 4) is 11.1 Å². The molecular weight excluding hydrogens is 624 g/mol. The minimum atomic E-state index is -4.14. The zero-order chi connectivity index (χ0) is 34.0. The number of carbonyl (C=O) groups excluding carboxylic acids is 2. The Morgan fingerprint density at radius 2 is 1.64 bits per heavy atom. The van der Waals surface area contributed by atoms with E-state index in [2.05, 4.69) is 15.1 Å². The summed E-state index contributed by atoms with van der Waals surface area (Å²) >= 11 is 0. The Bertz CT molecular complexity index is 1790. The van der Waals surface area contributed by atoms with Gasteiger partial charge in [-0.15, -0.1) is 0 Å². The Kier molecular flexibility index (Phi) is 12.0. The van der Waals surface area contributed by atoms with E-state index in [4.69, 9.17) is 4.74 Å². The SMILES string of the molecule is CCCc1cc(C(=O)N[C@H](Cc2ccccc2)[C@@H](O)C(=O)O)nn1Cc1ccc(-c2ccccc2S(=O)(=O)NC(=O)CCOC)cc1. The molecule has 1 aromatic heterocycles. The number of aryl methyl sites for hydroxylation is 1. The maximum atomic E-state index is 13.3. The van der Waals surface area contributed by atoms with Gasteiger partial charge in [0.15, 0.2) is 6.10 Å². The van der Waals surface area contributed by atoms with Crippen LogP contribution in [0.2, 0.25) is 0 Å². The van der Waals surface area contributed by atoms with Crippen molar-refractivity contribution in [2.75, 3.05) is 13.7 Å². The summed E-state index contributed by atoms with van der Waals surface area (Å²) in [5.74, 6) is -2.72. The maximum absolute atomic E-state index is 13.3. The van der Waals surface area contributed by atoms with Gasteiger partial charge in [0.25, 0.3) is 15.9 Å². The first-order valence-corrected chi connectivity index (χ1v) is 16.6. The molecule has 0 radical (unpaired) electrons. The fraction of sp³-hybridized carbons (Fsp3) is 0.294. The maximum Gasteiger partial charge on any atom is 0.334 e. The van der Waals surface area contributed by atoms with E-state index in [1.54, 1.807) is 65.3 Å². The Morgan fingerprint density at radius 3 is 2.30 bits per heavy atom. The lowest BCUT2D eigenvalue weighted by Gasteiger charge is -2.21. The van der Waals surface area contributed by atoms with Crippen LogP contribution < -0.4 is 10.0 Å². The third kappa shape index (κ3) is 9.35. The molecule has 47 heavy (non-hydrogen) atoms. The van der Waals surface area contributed by atoms with Gasteiger partial charge in [-0.25, -0.2) is 17.9 Å². The lowest BCUT2D eigenvalue weighted by Crippen LogP contribution is -2.48. The minimum absolute atomic E-state index is 0.0370. The molecule has 0 aliphatic carbocycles. The molecule has 0 saturated carbocycles. The third-order valence-corrected chi connectivity index (χ3v) is 8.84. The number of aromatic nitrogens is 2. The van der Waals surface area contributed by atoms with Crippen molar-refractivity contribution in [3.05, 3.63) is 107 Å². The van der Waals surface area contributed by atoms with E-state index < -0.39 is 40.0 Å². The molecule has 0 aliphatic rings. The average Bonchev–Trinajstić information content (AvgIpc) is 3.46. The van der Waals surface area contributed by atoms with Crippen molar-refractivity contribution in [1.29, 1.82) is 0 Å². The summed E-state index contributed by atoms with van der Waals surface area (Å²) in [4.78, 5) is 36.9. The van der Waals surface area contributed by atoms with Crippen LogP contribution in [0.25, 0.3) is 11.1 Å². The first kappa shape index (κ1) is 35.0. The monoisotopic (exact) mass is 662 g/mol. The molecule has 2 atom stereocenters. The molecule has 0 saturated heterocycles. The largest absolute Gasteiger partial charge is 0.479 e. The van der Waals surface area contributed by atoms with Gasteiger partial charge in [0.1, 0.15) is 5.69 Å². The number of benzene rings is 3. The summed E-state index contributed by atoms with van der Waals surface area (Å²) in [6.45, 7) is 2.40. The van der Waals surface area contributed by atoms with Crippen LogP contribution in [0, 0.1) is 0 Å². The number of carboxylic acids is 1. The van der Waals surface area contributed by atoms with Crippen LogP contribution in [0.1, 0.15) is 47.1 Å². The molecule has 248 valence electrons. The second kappa shape index (κ2) is 16.1. The molecule has 0 spiro atoms. The summed E-state index contributed by atoms with van der Waals surface area (Å²) in [5, 5.41) is 26.9. The van der Waals surface area contributed by atoms with E-state index >= 15 is 0 Å². The summed E-state index contributed by atoms with van der Waals surface area (Å²) in [6.07, 6.45) is -0.387. The number of nitrogens with one attached hydrogen (secondary N) is 2. The van der Waals surface area contributed by atoms with Crippen molar-refractivity contribution in [1.82, 2.24) is 19.8 Å². The number of rotatable bonds is 16. The number of amides is 2. The summed E-state index contributed by atoms with van der Waals surface area (Å²) < 4.78 is 34.7. The van der Waals surface area contributed by atoms with E-state index in [1.165, 1.54) is 13.2 Å². The number of methoxy groups -OCH3 is 1. The minimum Gasteiger partial charge on any atom is -0.479 e. The standard InChI is InChI=1S/C34H38N4O8S/c1-3-9-26-21-29(33(41)35-28(32(40)34(42)43)20-23-10-5-4-6-11-23)36-38(26)22-24-14-16-25(17-15-24)27-12-7-8-13-30(27)47(44,45)37-31(39)18-19-46-2/h4-8,10-17,21,28,32,40H,3,9,18-20,22H2,1-2H3,(H,35,41)(H,37,39)(H,42,43)/t28-,32-/m1/s1. The number of aliphatic carboxylic acids is 1. The van der Waals surface area contributed by atoms with Crippen LogP contribution >= 0.6 is 0 Å². The second-order valence-corrected chi connectivity index (χ2v) is 12.6. The average molecular weight is 663 g/mol.